The zero-order valence-electron chi connectivity index (χ0n) is 18.9. The lowest BCUT2D eigenvalue weighted by atomic mass is 9.43. The molecule has 29 heavy (non-hydrogen) atoms. The largest absolute Gasteiger partial charge is 0.469 e. The molecule has 4 saturated carbocycles. The predicted molar refractivity (Wildman–Crippen MR) is 113 cm³/mol. The number of rotatable bonds is 4. The number of ether oxygens (including phenoxy) is 1. The highest BCUT2D eigenvalue weighted by Crippen LogP contribution is 2.68. The van der Waals surface area contributed by atoms with E-state index in [1.165, 1.54) is 32.8 Å². The second-order valence-corrected chi connectivity index (χ2v) is 11.5. The maximum atomic E-state index is 11.6. The van der Waals surface area contributed by atoms with Crippen LogP contribution in [0.3, 0.4) is 0 Å². The van der Waals surface area contributed by atoms with Crippen molar-refractivity contribution in [1.29, 1.82) is 0 Å². The van der Waals surface area contributed by atoms with Crippen LogP contribution in [-0.4, -0.2) is 35.5 Å². The Balaban J connectivity index is 1.53. The molecule has 0 amide bonds. The summed E-state index contributed by atoms with van der Waals surface area (Å²) >= 11 is 0. The minimum Gasteiger partial charge on any atom is -0.469 e. The van der Waals surface area contributed by atoms with Gasteiger partial charge in [-0.05, 0) is 104 Å². The summed E-state index contributed by atoms with van der Waals surface area (Å²) in [5, 5.41) is 21.5. The molecule has 10 atom stereocenters. The molecule has 2 N–H and O–H groups in total. The molecule has 0 bridgehead atoms. The predicted octanol–water partition coefficient (Wildman–Crippen LogP) is 4.57. The van der Waals surface area contributed by atoms with Crippen LogP contribution in [0.5, 0.6) is 0 Å². The topological polar surface area (TPSA) is 66.8 Å². The molecule has 0 spiro atoms. The highest BCUT2D eigenvalue weighted by Gasteiger charge is 2.62. The Bertz CT molecular complexity index is 620. The highest BCUT2D eigenvalue weighted by atomic mass is 16.5. The van der Waals surface area contributed by atoms with E-state index in [0.29, 0.717) is 47.3 Å². The average molecular weight is 407 g/mol. The van der Waals surface area contributed by atoms with Crippen molar-refractivity contribution < 1.29 is 19.7 Å². The number of esters is 1. The number of aliphatic hydroxyl groups is 2. The third kappa shape index (κ3) is 3.46. The Kier molecular flexibility index (Phi) is 5.83. The van der Waals surface area contributed by atoms with Gasteiger partial charge in [0.25, 0.3) is 0 Å². The van der Waals surface area contributed by atoms with Crippen molar-refractivity contribution in [2.45, 2.75) is 97.2 Å². The van der Waals surface area contributed by atoms with E-state index in [2.05, 4.69) is 20.8 Å². The fourth-order valence-electron chi connectivity index (χ4n) is 8.82. The lowest BCUT2D eigenvalue weighted by Gasteiger charge is -2.62. The minimum atomic E-state index is -0.211. The van der Waals surface area contributed by atoms with E-state index in [9.17, 15) is 15.0 Å². The first-order valence-corrected chi connectivity index (χ1v) is 12.1. The molecule has 4 aliphatic carbocycles. The van der Waals surface area contributed by atoms with E-state index < -0.39 is 0 Å². The lowest BCUT2D eigenvalue weighted by Crippen LogP contribution is -2.58. The van der Waals surface area contributed by atoms with Crippen molar-refractivity contribution in [3.63, 3.8) is 0 Å². The number of hydrogen-bond donors (Lipinski definition) is 2. The van der Waals surface area contributed by atoms with Crippen molar-refractivity contribution in [3.8, 4) is 0 Å². The smallest absolute Gasteiger partial charge is 0.305 e. The van der Waals surface area contributed by atoms with Gasteiger partial charge in [-0.15, -0.1) is 0 Å². The van der Waals surface area contributed by atoms with Crippen LogP contribution in [0.2, 0.25) is 0 Å². The summed E-state index contributed by atoms with van der Waals surface area (Å²) in [5.74, 6) is 3.17. The molecule has 0 aromatic carbocycles. The summed E-state index contributed by atoms with van der Waals surface area (Å²) in [5.41, 5.74) is 0.577. The molecule has 166 valence electrons. The van der Waals surface area contributed by atoms with Gasteiger partial charge in [0.2, 0.25) is 0 Å². The van der Waals surface area contributed by atoms with Crippen LogP contribution in [-0.2, 0) is 9.53 Å². The van der Waals surface area contributed by atoms with Crippen molar-refractivity contribution in [2.75, 3.05) is 7.11 Å². The fourth-order valence-corrected chi connectivity index (χ4v) is 8.82. The summed E-state index contributed by atoms with van der Waals surface area (Å²) < 4.78 is 4.86. The average Bonchev–Trinajstić information content (AvgIpc) is 3.04. The van der Waals surface area contributed by atoms with E-state index >= 15 is 0 Å². The monoisotopic (exact) mass is 406 g/mol. The molecule has 4 rings (SSSR count). The maximum Gasteiger partial charge on any atom is 0.305 e. The molecule has 0 heterocycles. The molecule has 4 heteroatoms. The molecule has 4 aliphatic rings. The second-order valence-electron chi connectivity index (χ2n) is 11.5. The van der Waals surface area contributed by atoms with E-state index in [1.54, 1.807) is 0 Å². The first-order valence-electron chi connectivity index (χ1n) is 12.1. The van der Waals surface area contributed by atoms with Gasteiger partial charge in [0.15, 0.2) is 0 Å². The van der Waals surface area contributed by atoms with E-state index in [4.69, 9.17) is 4.74 Å². The molecule has 0 aromatic heterocycles. The van der Waals surface area contributed by atoms with Crippen LogP contribution in [0, 0.1) is 46.3 Å². The van der Waals surface area contributed by atoms with Crippen molar-refractivity contribution in [3.05, 3.63) is 0 Å². The van der Waals surface area contributed by atoms with Crippen molar-refractivity contribution in [1.82, 2.24) is 0 Å². The standard InChI is InChI=1S/C25H42O4/c1-15(5-8-22(28)29-4)18-6-7-19-23-20(10-12-25(18,19)3)24(2)11-9-17(26)13-16(24)14-21(23)27/h15-21,23,26-27H,5-14H2,1-4H3/t15-,16?,17-,18-,19?,20?,21+,23?,24+,25-/m1/s1. The Labute approximate surface area is 176 Å². The third-order valence-corrected chi connectivity index (χ3v) is 10.4. The van der Waals surface area contributed by atoms with Crippen molar-refractivity contribution >= 4 is 5.97 Å². The number of fused-ring (bicyclic) bond motifs is 5. The van der Waals surface area contributed by atoms with Crippen LogP contribution in [0.1, 0.15) is 85.0 Å². The first-order chi connectivity index (χ1) is 13.7. The molecule has 4 unspecified atom stereocenters. The first kappa shape index (κ1) is 21.6. The number of methoxy groups -OCH3 is 1. The van der Waals surface area contributed by atoms with E-state index in [0.717, 1.165) is 32.1 Å². The van der Waals surface area contributed by atoms with Gasteiger partial charge < -0.3 is 14.9 Å². The molecule has 0 saturated heterocycles. The van der Waals surface area contributed by atoms with Crippen LogP contribution in [0.15, 0.2) is 0 Å². The summed E-state index contributed by atoms with van der Waals surface area (Å²) in [6.45, 7) is 7.29. The Hall–Kier alpha value is -0.610. The Morgan fingerprint density at radius 3 is 2.45 bits per heavy atom. The summed E-state index contributed by atoms with van der Waals surface area (Å²) in [6, 6.07) is 0. The summed E-state index contributed by atoms with van der Waals surface area (Å²) in [6.07, 6.45) is 9.80. The number of carbonyl (C=O) groups is 1. The molecule has 4 nitrogen and oxygen atoms in total. The van der Waals surface area contributed by atoms with Crippen LogP contribution >= 0.6 is 0 Å². The Morgan fingerprint density at radius 1 is 1.03 bits per heavy atom. The molecular formula is C25H42O4. The van der Waals surface area contributed by atoms with Gasteiger partial charge in [-0.25, -0.2) is 0 Å². The van der Waals surface area contributed by atoms with Gasteiger partial charge >= 0.3 is 5.97 Å². The van der Waals surface area contributed by atoms with Crippen molar-refractivity contribution in [2.24, 2.45) is 46.3 Å². The normalized spacial score (nSPS) is 50.2. The van der Waals surface area contributed by atoms with Crippen LogP contribution in [0.4, 0.5) is 0 Å². The van der Waals surface area contributed by atoms with Gasteiger partial charge in [-0.2, -0.15) is 0 Å². The molecule has 0 radical (unpaired) electrons. The molecule has 0 aromatic rings. The highest BCUT2D eigenvalue weighted by molar-refractivity contribution is 5.69. The number of hydrogen-bond acceptors (Lipinski definition) is 4. The summed E-state index contributed by atoms with van der Waals surface area (Å²) in [7, 11) is 1.48. The van der Waals surface area contributed by atoms with Crippen LogP contribution in [0.25, 0.3) is 0 Å². The zero-order chi connectivity index (χ0) is 21.0. The Morgan fingerprint density at radius 2 is 1.72 bits per heavy atom. The number of carbonyl (C=O) groups excluding carboxylic acids is 1. The fraction of sp³-hybridized carbons (Fsp3) is 0.960. The molecule has 0 aliphatic heterocycles. The van der Waals surface area contributed by atoms with E-state index in [-0.39, 0.29) is 23.6 Å². The second kappa shape index (κ2) is 7.82. The van der Waals surface area contributed by atoms with Gasteiger partial charge in [0.1, 0.15) is 0 Å². The molecular weight excluding hydrogens is 364 g/mol. The van der Waals surface area contributed by atoms with Gasteiger partial charge in [0.05, 0.1) is 19.3 Å². The lowest BCUT2D eigenvalue weighted by molar-refractivity contribution is -0.174. The van der Waals surface area contributed by atoms with E-state index in [1.807, 2.05) is 0 Å². The van der Waals surface area contributed by atoms with Gasteiger partial charge in [-0.1, -0.05) is 20.8 Å². The third-order valence-electron chi connectivity index (χ3n) is 10.4. The van der Waals surface area contributed by atoms with Gasteiger partial charge in [-0.3, -0.25) is 4.79 Å². The molecule has 4 fully saturated rings. The van der Waals surface area contributed by atoms with Gasteiger partial charge in [0, 0.05) is 6.42 Å². The number of aliphatic hydroxyl groups excluding tert-OH is 2. The maximum absolute atomic E-state index is 11.6. The quantitative estimate of drug-likeness (QED) is 0.671. The SMILES string of the molecule is COC(=O)CC[C@@H](C)[C@H]1CCC2C3C(CC[C@@]21C)[C@@]1(C)CC[C@@H](O)CC1C[C@@H]3O. The zero-order valence-corrected chi connectivity index (χ0v) is 18.9. The summed E-state index contributed by atoms with van der Waals surface area (Å²) in [4.78, 5) is 11.6. The minimum absolute atomic E-state index is 0.0959. The van der Waals surface area contributed by atoms with Crippen LogP contribution < -0.4 is 0 Å².